The summed E-state index contributed by atoms with van der Waals surface area (Å²) in [6, 6.07) is 0. The number of esters is 1. The lowest BCUT2D eigenvalue weighted by atomic mass is 10.1. The summed E-state index contributed by atoms with van der Waals surface area (Å²) in [7, 11) is 0. The van der Waals surface area contributed by atoms with Gasteiger partial charge in [0.05, 0.1) is 6.61 Å². The van der Waals surface area contributed by atoms with Crippen LogP contribution in [0.3, 0.4) is 0 Å². The van der Waals surface area contributed by atoms with E-state index in [1.807, 2.05) is 20.8 Å². The maximum atomic E-state index is 11.1. The highest BCUT2D eigenvalue weighted by Crippen LogP contribution is 2.07. The summed E-state index contributed by atoms with van der Waals surface area (Å²) in [6.45, 7) is 10.5. The molecule has 0 aliphatic heterocycles. The highest BCUT2D eigenvalue weighted by molar-refractivity contribution is 5.69. The summed E-state index contributed by atoms with van der Waals surface area (Å²) < 4.78 is 5.02. The Kier molecular flexibility index (Phi) is 6.29. The van der Waals surface area contributed by atoms with E-state index in [1.54, 1.807) is 0 Å². The third-order valence-electron chi connectivity index (χ3n) is 1.76. The summed E-state index contributed by atoms with van der Waals surface area (Å²) in [5.74, 6) is 0.307. The number of hydrogen-bond acceptors (Lipinski definition) is 2. The monoisotopic (exact) mass is 184 g/mol. The molecule has 0 rings (SSSR count). The zero-order valence-corrected chi connectivity index (χ0v) is 8.93. The first-order valence-corrected chi connectivity index (χ1v) is 4.88. The van der Waals surface area contributed by atoms with Gasteiger partial charge in [-0.2, -0.15) is 0 Å². The van der Waals surface area contributed by atoms with Crippen LogP contribution in [0.25, 0.3) is 0 Å². The van der Waals surface area contributed by atoms with Crippen molar-refractivity contribution < 1.29 is 9.53 Å². The van der Waals surface area contributed by atoms with Crippen LogP contribution in [-0.2, 0) is 9.53 Å². The number of hydrogen-bond donors (Lipinski definition) is 0. The van der Waals surface area contributed by atoms with Gasteiger partial charge in [-0.05, 0) is 18.8 Å². The van der Waals surface area contributed by atoms with Crippen molar-refractivity contribution in [2.24, 2.45) is 5.92 Å². The van der Waals surface area contributed by atoms with Crippen LogP contribution in [-0.4, -0.2) is 12.6 Å². The van der Waals surface area contributed by atoms with Crippen molar-refractivity contribution in [2.75, 3.05) is 6.61 Å². The maximum absolute atomic E-state index is 11.1. The number of allylic oxidation sites excluding steroid dienone is 1. The van der Waals surface area contributed by atoms with Crippen molar-refractivity contribution in [3.05, 3.63) is 12.2 Å². The van der Waals surface area contributed by atoms with Gasteiger partial charge in [-0.15, -0.1) is 0 Å². The Morgan fingerprint density at radius 1 is 1.38 bits per heavy atom. The highest BCUT2D eigenvalue weighted by Gasteiger charge is 2.04. The van der Waals surface area contributed by atoms with Crippen molar-refractivity contribution in [1.29, 1.82) is 0 Å². The fraction of sp³-hybridized carbons (Fsp3) is 0.727. The molecule has 0 aliphatic carbocycles. The molecule has 2 nitrogen and oxygen atoms in total. The standard InChI is InChI=1S/C11H20O2/c1-5-10(4)6-7-11(12)13-8-9(2)3/h9H,4-8H2,1-3H3. The molecule has 0 unspecified atom stereocenters. The number of carbonyl (C=O) groups is 1. The molecule has 0 radical (unpaired) electrons. The van der Waals surface area contributed by atoms with Gasteiger partial charge < -0.3 is 4.74 Å². The molecule has 0 atom stereocenters. The molecule has 76 valence electrons. The predicted molar refractivity (Wildman–Crippen MR) is 54.5 cm³/mol. The number of carbonyl (C=O) groups excluding carboxylic acids is 1. The second kappa shape index (κ2) is 6.70. The van der Waals surface area contributed by atoms with Crippen molar-refractivity contribution in [3.8, 4) is 0 Å². The largest absolute Gasteiger partial charge is 0.465 e. The molecule has 0 N–H and O–H groups in total. The van der Waals surface area contributed by atoms with E-state index in [-0.39, 0.29) is 5.97 Å². The lowest BCUT2D eigenvalue weighted by molar-refractivity contribution is -0.144. The second-order valence-corrected chi connectivity index (χ2v) is 3.68. The summed E-state index contributed by atoms with van der Waals surface area (Å²) in [6.07, 6.45) is 2.17. The molecular weight excluding hydrogens is 164 g/mol. The summed E-state index contributed by atoms with van der Waals surface area (Å²) in [4.78, 5) is 11.1. The van der Waals surface area contributed by atoms with E-state index in [0.717, 1.165) is 18.4 Å². The predicted octanol–water partition coefficient (Wildman–Crippen LogP) is 2.93. The van der Waals surface area contributed by atoms with Crippen LogP contribution in [0.4, 0.5) is 0 Å². The molecule has 0 fully saturated rings. The zero-order chi connectivity index (χ0) is 10.3. The van der Waals surface area contributed by atoms with Gasteiger partial charge in [0.1, 0.15) is 0 Å². The molecule has 0 saturated carbocycles. The SMILES string of the molecule is C=C(CC)CCC(=O)OCC(C)C. The van der Waals surface area contributed by atoms with E-state index in [4.69, 9.17) is 4.74 Å². The van der Waals surface area contributed by atoms with Crippen molar-refractivity contribution in [2.45, 2.75) is 40.0 Å². The van der Waals surface area contributed by atoms with Crippen LogP contribution in [0.1, 0.15) is 40.0 Å². The smallest absolute Gasteiger partial charge is 0.306 e. The van der Waals surface area contributed by atoms with Crippen LogP contribution in [0.5, 0.6) is 0 Å². The van der Waals surface area contributed by atoms with Crippen molar-refractivity contribution in [3.63, 3.8) is 0 Å². The molecule has 0 amide bonds. The van der Waals surface area contributed by atoms with Crippen LogP contribution < -0.4 is 0 Å². The van der Waals surface area contributed by atoms with Crippen LogP contribution in [0.15, 0.2) is 12.2 Å². The molecule has 0 aromatic rings. The van der Waals surface area contributed by atoms with E-state index in [0.29, 0.717) is 18.9 Å². The summed E-state index contributed by atoms with van der Waals surface area (Å²) >= 11 is 0. The zero-order valence-electron chi connectivity index (χ0n) is 8.93. The average molecular weight is 184 g/mol. The fourth-order valence-electron chi connectivity index (χ4n) is 0.787. The van der Waals surface area contributed by atoms with Gasteiger partial charge in [0, 0.05) is 6.42 Å². The molecule has 0 aromatic carbocycles. The molecule has 0 bridgehead atoms. The Bertz CT molecular complexity index is 171. The fourth-order valence-corrected chi connectivity index (χ4v) is 0.787. The van der Waals surface area contributed by atoms with Gasteiger partial charge >= 0.3 is 5.97 Å². The van der Waals surface area contributed by atoms with Crippen LogP contribution >= 0.6 is 0 Å². The van der Waals surface area contributed by atoms with Gasteiger partial charge in [-0.1, -0.05) is 32.9 Å². The molecule has 0 aromatic heterocycles. The van der Waals surface area contributed by atoms with E-state index in [2.05, 4.69) is 6.58 Å². The molecular formula is C11H20O2. The third kappa shape index (κ3) is 7.57. The highest BCUT2D eigenvalue weighted by atomic mass is 16.5. The lowest BCUT2D eigenvalue weighted by Crippen LogP contribution is -2.09. The van der Waals surface area contributed by atoms with Gasteiger partial charge in [-0.25, -0.2) is 0 Å². The minimum atomic E-state index is -0.108. The second-order valence-electron chi connectivity index (χ2n) is 3.68. The Hall–Kier alpha value is -0.790. The van der Waals surface area contributed by atoms with E-state index < -0.39 is 0 Å². The van der Waals surface area contributed by atoms with E-state index in [1.165, 1.54) is 0 Å². The first-order chi connectivity index (χ1) is 6.06. The van der Waals surface area contributed by atoms with Gasteiger partial charge in [-0.3, -0.25) is 4.79 Å². The Balaban J connectivity index is 3.46. The molecule has 0 heterocycles. The van der Waals surface area contributed by atoms with Crippen LogP contribution in [0, 0.1) is 5.92 Å². The average Bonchev–Trinajstić information content (AvgIpc) is 2.10. The molecule has 0 saturated heterocycles. The molecule has 13 heavy (non-hydrogen) atoms. The first kappa shape index (κ1) is 12.2. The normalized spacial score (nSPS) is 10.2. The van der Waals surface area contributed by atoms with Crippen molar-refractivity contribution in [1.82, 2.24) is 0 Å². The molecule has 0 spiro atoms. The Morgan fingerprint density at radius 2 is 2.00 bits per heavy atom. The number of rotatable bonds is 6. The van der Waals surface area contributed by atoms with Crippen molar-refractivity contribution >= 4 is 5.97 Å². The third-order valence-corrected chi connectivity index (χ3v) is 1.76. The lowest BCUT2D eigenvalue weighted by Gasteiger charge is -2.07. The topological polar surface area (TPSA) is 26.3 Å². The van der Waals surface area contributed by atoms with E-state index >= 15 is 0 Å². The maximum Gasteiger partial charge on any atom is 0.306 e. The van der Waals surface area contributed by atoms with Gasteiger partial charge in [0.25, 0.3) is 0 Å². The Labute approximate surface area is 81.0 Å². The van der Waals surface area contributed by atoms with Gasteiger partial charge in [0.15, 0.2) is 0 Å². The Morgan fingerprint density at radius 3 is 2.46 bits per heavy atom. The minimum Gasteiger partial charge on any atom is -0.465 e. The molecule has 2 heteroatoms. The quantitative estimate of drug-likeness (QED) is 0.468. The summed E-state index contributed by atoms with van der Waals surface area (Å²) in [5.41, 5.74) is 1.11. The minimum absolute atomic E-state index is 0.108. The number of ether oxygens (including phenoxy) is 1. The summed E-state index contributed by atoms with van der Waals surface area (Å²) in [5, 5.41) is 0. The van der Waals surface area contributed by atoms with E-state index in [9.17, 15) is 4.79 Å². The first-order valence-electron chi connectivity index (χ1n) is 4.88. The van der Waals surface area contributed by atoms with Gasteiger partial charge in [0.2, 0.25) is 0 Å². The molecule has 0 aliphatic rings. The van der Waals surface area contributed by atoms with Crippen LogP contribution in [0.2, 0.25) is 0 Å².